The van der Waals surface area contributed by atoms with Crippen LogP contribution in [0.15, 0.2) is 0 Å². The minimum atomic E-state index is 0.770. The van der Waals surface area contributed by atoms with Crippen LogP contribution < -0.4 is 5.32 Å². The Morgan fingerprint density at radius 3 is 2.91 bits per heavy atom. The molecule has 0 saturated carbocycles. The Hall–Kier alpha value is -0.0800. The maximum Gasteiger partial charge on any atom is 0.0207 e. The topological polar surface area (TPSA) is 15.3 Å². The average Bonchev–Trinajstić information content (AvgIpc) is 2.37. The van der Waals surface area contributed by atoms with Gasteiger partial charge in [-0.3, -0.25) is 0 Å². The number of likely N-dealkylation sites (tertiary alicyclic amines) is 1. The molecule has 1 unspecified atom stereocenters. The van der Waals surface area contributed by atoms with Gasteiger partial charge in [0, 0.05) is 12.6 Å². The van der Waals surface area contributed by atoms with Crippen molar-refractivity contribution < 1.29 is 0 Å². The molecule has 2 heteroatoms. The van der Waals surface area contributed by atoms with Crippen LogP contribution in [0.3, 0.4) is 0 Å². The number of likely N-dealkylation sites (N-methyl/N-ethyl adjacent to an activating group) is 1. The molecule has 0 bridgehead atoms. The summed E-state index contributed by atoms with van der Waals surface area (Å²) in [7, 11) is 2.20. The van der Waals surface area contributed by atoms with Crippen LogP contribution in [0.25, 0.3) is 0 Å². The van der Waals surface area contributed by atoms with Crippen LogP contribution in [0.2, 0.25) is 0 Å². The van der Waals surface area contributed by atoms with Crippen molar-refractivity contribution in [2.45, 2.75) is 32.2 Å². The molecule has 0 spiro atoms. The molecule has 1 aliphatic rings. The predicted octanol–water partition coefficient (Wildman–Crippen LogP) is 1.08. The van der Waals surface area contributed by atoms with Crippen LogP contribution in [-0.4, -0.2) is 37.6 Å². The molecule has 1 aliphatic heterocycles. The van der Waals surface area contributed by atoms with Gasteiger partial charge < -0.3 is 10.2 Å². The van der Waals surface area contributed by atoms with E-state index in [1.807, 2.05) is 0 Å². The van der Waals surface area contributed by atoms with Crippen molar-refractivity contribution in [1.29, 1.82) is 0 Å². The number of hydrogen-bond donors (Lipinski definition) is 1. The summed E-state index contributed by atoms with van der Waals surface area (Å²) in [6, 6.07) is 0.770. The molecule has 1 fully saturated rings. The molecule has 1 rings (SSSR count). The van der Waals surface area contributed by atoms with Crippen LogP contribution in [0, 0.1) is 0 Å². The molecule has 0 aliphatic carbocycles. The largest absolute Gasteiger partial charge is 0.313 e. The molecule has 0 radical (unpaired) electrons. The van der Waals surface area contributed by atoms with Gasteiger partial charge in [0.25, 0.3) is 0 Å². The number of rotatable bonds is 4. The fourth-order valence-corrected chi connectivity index (χ4v) is 1.58. The zero-order valence-corrected chi connectivity index (χ0v) is 7.77. The molecule has 1 saturated heterocycles. The van der Waals surface area contributed by atoms with E-state index in [4.69, 9.17) is 0 Å². The number of unbranched alkanes of at least 4 members (excludes halogenated alkanes) is 1. The lowest BCUT2D eigenvalue weighted by Crippen LogP contribution is -2.32. The lowest BCUT2D eigenvalue weighted by atomic mass is 10.2. The third-order valence-electron chi connectivity index (χ3n) is 2.35. The second-order valence-electron chi connectivity index (χ2n) is 3.56. The van der Waals surface area contributed by atoms with Gasteiger partial charge in [0.1, 0.15) is 0 Å². The minimum Gasteiger partial charge on any atom is -0.313 e. The lowest BCUT2D eigenvalue weighted by molar-refractivity contribution is 0.397. The molecule has 2 nitrogen and oxygen atoms in total. The summed E-state index contributed by atoms with van der Waals surface area (Å²) >= 11 is 0. The lowest BCUT2D eigenvalue weighted by Gasteiger charge is -2.11. The van der Waals surface area contributed by atoms with E-state index in [1.54, 1.807) is 0 Å². The molecule has 0 aromatic heterocycles. The van der Waals surface area contributed by atoms with Crippen LogP contribution >= 0.6 is 0 Å². The van der Waals surface area contributed by atoms with Crippen molar-refractivity contribution in [3.8, 4) is 0 Å². The summed E-state index contributed by atoms with van der Waals surface area (Å²) in [6.45, 7) is 5.95. The average molecular weight is 156 g/mol. The maximum absolute atomic E-state index is 3.57. The van der Waals surface area contributed by atoms with E-state index < -0.39 is 0 Å². The third-order valence-corrected chi connectivity index (χ3v) is 2.35. The van der Waals surface area contributed by atoms with Gasteiger partial charge in [-0.1, -0.05) is 13.3 Å². The molecule has 1 atom stereocenters. The predicted molar refractivity (Wildman–Crippen MR) is 48.8 cm³/mol. The number of hydrogen-bond acceptors (Lipinski definition) is 2. The standard InChI is InChI=1S/C9H20N2/c1-3-4-6-10-9-5-7-11(2)8-9/h9-10H,3-8H2,1-2H3. The van der Waals surface area contributed by atoms with E-state index in [0.29, 0.717) is 0 Å². The minimum absolute atomic E-state index is 0.770. The quantitative estimate of drug-likeness (QED) is 0.613. The first-order chi connectivity index (χ1) is 5.33. The first-order valence-corrected chi connectivity index (χ1v) is 4.75. The fraction of sp³-hybridized carbons (Fsp3) is 1.00. The van der Waals surface area contributed by atoms with Gasteiger partial charge in [-0.25, -0.2) is 0 Å². The Balaban J connectivity index is 1.99. The van der Waals surface area contributed by atoms with Gasteiger partial charge in [0.2, 0.25) is 0 Å². The SMILES string of the molecule is CCCCNC1CCN(C)C1. The summed E-state index contributed by atoms with van der Waals surface area (Å²) in [4.78, 5) is 2.39. The van der Waals surface area contributed by atoms with Crippen molar-refractivity contribution >= 4 is 0 Å². The number of nitrogens with zero attached hydrogens (tertiary/aromatic N) is 1. The van der Waals surface area contributed by atoms with Crippen molar-refractivity contribution in [1.82, 2.24) is 10.2 Å². The normalized spacial score (nSPS) is 26.2. The maximum atomic E-state index is 3.57. The smallest absolute Gasteiger partial charge is 0.0207 e. The zero-order chi connectivity index (χ0) is 8.10. The highest BCUT2D eigenvalue weighted by Gasteiger charge is 2.17. The van der Waals surface area contributed by atoms with Crippen molar-refractivity contribution in [2.24, 2.45) is 0 Å². The fourth-order valence-electron chi connectivity index (χ4n) is 1.58. The molecule has 11 heavy (non-hydrogen) atoms. The van der Waals surface area contributed by atoms with E-state index >= 15 is 0 Å². The van der Waals surface area contributed by atoms with Gasteiger partial charge in [0.15, 0.2) is 0 Å². The molecule has 66 valence electrons. The Labute approximate surface area is 70.0 Å². The van der Waals surface area contributed by atoms with E-state index in [9.17, 15) is 0 Å². The summed E-state index contributed by atoms with van der Waals surface area (Å²) in [5, 5.41) is 3.57. The summed E-state index contributed by atoms with van der Waals surface area (Å²) in [6.07, 6.45) is 3.95. The second-order valence-corrected chi connectivity index (χ2v) is 3.56. The molecule has 0 amide bonds. The van der Waals surface area contributed by atoms with Crippen molar-refractivity contribution in [2.75, 3.05) is 26.7 Å². The Kier molecular flexibility index (Phi) is 3.87. The van der Waals surface area contributed by atoms with Crippen molar-refractivity contribution in [3.05, 3.63) is 0 Å². The van der Waals surface area contributed by atoms with Crippen LogP contribution in [0.5, 0.6) is 0 Å². The molecular weight excluding hydrogens is 136 g/mol. The first-order valence-electron chi connectivity index (χ1n) is 4.75. The molecule has 0 aromatic rings. The highest BCUT2D eigenvalue weighted by Crippen LogP contribution is 2.05. The molecule has 1 N–H and O–H groups in total. The van der Waals surface area contributed by atoms with Gasteiger partial charge in [0.05, 0.1) is 0 Å². The van der Waals surface area contributed by atoms with E-state index in [0.717, 1.165) is 6.04 Å². The number of nitrogens with one attached hydrogen (secondary N) is 1. The molecule has 1 heterocycles. The van der Waals surface area contributed by atoms with Crippen molar-refractivity contribution in [3.63, 3.8) is 0 Å². The third kappa shape index (κ3) is 3.21. The van der Waals surface area contributed by atoms with Crippen LogP contribution in [0.1, 0.15) is 26.2 Å². The monoisotopic (exact) mass is 156 g/mol. The van der Waals surface area contributed by atoms with Gasteiger partial charge >= 0.3 is 0 Å². The van der Waals surface area contributed by atoms with E-state index in [-0.39, 0.29) is 0 Å². The highest BCUT2D eigenvalue weighted by molar-refractivity contribution is 4.78. The molecular formula is C9H20N2. The van der Waals surface area contributed by atoms with Gasteiger partial charge in [-0.2, -0.15) is 0 Å². The van der Waals surface area contributed by atoms with E-state index in [1.165, 1.54) is 38.9 Å². The van der Waals surface area contributed by atoms with E-state index in [2.05, 4.69) is 24.2 Å². The Bertz CT molecular complexity index is 104. The highest BCUT2D eigenvalue weighted by atomic mass is 15.2. The summed E-state index contributed by atoms with van der Waals surface area (Å²) in [5.41, 5.74) is 0. The summed E-state index contributed by atoms with van der Waals surface area (Å²) in [5.74, 6) is 0. The van der Waals surface area contributed by atoms with Gasteiger partial charge in [-0.15, -0.1) is 0 Å². The Morgan fingerprint density at radius 2 is 2.36 bits per heavy atom. The molecule has 0 aromatic carbocycles. The van der Waals surface area contributed by atoms with Crippen LogP contribution in [-0.2, 0) is 0 Å². The van der Waals surface area contributed by atoms with Crippen LogP contribution in [0.4, 0.5) is 0 Å². The zero-order valence-electron chi connectivity index (χ0n) is 7.77. The van der Waals surface area contributed by atoms with Gasteiger partial charge in [-0.05, 0) is 33.0 Å². The summed E-state index contributed by atoms with van der Waals surface area (Å²) < 4.78 is 0. The second kappa shape index (κ2) is 4.73. The first kappa shape index (κ1) is 9.01. The Morgan fingerprint density at radius 1 is 1.55 bits per heavy atom.